The van der Waals surface area contributed by atoms with Gasteiger partial charge in [-0.1, -0.05) is 24.3 Å². The normalized spacial score (nSPS) is 15.0. The predicted molar refractivity (Wildman–Crippen MR) is 165 cm³/mol. The Morgan fingerprint density at radius 3 is 2.02 bits per heavy atom. The van der Waals surface area contributed by atoms with Crippen molar-refractivity contribution >= 4 is 46.0 Å². The Morgan fingerprint density at radius 2 is 1.40 bits per heavy atom. The molecule has 1 fully saturated rings. The van der Waals surface area contributed by atoms with E-state index in [9.17, 15) is 35.9 Å². The topological polar surface area (TPSA) is 143 Å². The number of anilines is 4. The Morgan fingerprint density at radius 1 is 0.792 bits per heavy atom. The molecular formula is C31H25F6N9O2. The molecule has 248 valence electrons. The molecule has 48 heavy (non-hydrogen) atoms. The average Bonchev–Trinajstić information content (AvgIpc) is 3.67. The largest absolute Gasteiger partial charge is 0.416 e. The summed E-state index contributed by atoms with van der Waals surface area (Å²) in [6.45, 7) is 0.490. The number of hydrogen-bond donors (Lipinski definition) is 4. The zero-order valence-electron chi connectivity index (χ0n) is 24.6. The lowest BCUT2D eigenvalue weighted by Gasteiger charge is -2.18. The van der Waals surface area contributed by atoms with Gasteiger partial charge in [-0.05, 0) is 55.0 Å². The fourth-order valence-electron chi connectivity index (χ4n) is 5.33. The predicted octanol–water partition coefficient (Wildman–Crippen LogP) is 7.24. The summed E-state index contributed by atoms with van der Waals surface area (Å²) >= 11 is 0. The summed E-state index contributed by atoms with van der Waals surface area (Å²) in [4.78, 5) is 35.3. The van der Waals surface area contributed by atoms with E-state index in [0.29, 0.717) is 40.9 Å². The van der Waals surface area contributed by atoms with Gasteiger partial charge in [0.1, 0.15) is 17.8 Å². The number of nitrogens with one attached hydrogen (secondary N) is 3. The average molecular weight is 670 g/mol. The maximum absolute atomic E-state index is 13.1. The highest BCUT2D eigenvalue weighted by Crippen LogP contribution is 2.35. The zero-order valence-corrected chi connectivity index (χ0v) is 24.6. The molecule has 6 rings (SSSR count). The fourth-order valence-corrected chi connectivity index (χ4v) is 5.33. The van der Waals surface area contributed by atoms with Gasteiger partial charge in [-0.25, -0.2) is 24.2 Å². The summed E-state index contributed by atoms with van der Waals surface area (Å²) in [5.74, 6) is 0.154. The van der Waals surface area contributed by atoms with E-state index in [4.69, 9.17) is 10.8 Å². The summed E-state index contributed by atoms with van der Waals surface area (Å²) in [5.41, 5.74) is 6.18. The second-order valence-corrected chi connectivity index (χ2v) is 10.9. The molecule has 0 radical (unpaired) electrons. The maximum Gasteiger partial charge on any atom is 0.416 e. The first-order chi connectivity index (χ1) is 22.8. The minimum Gasteiger partial charge on any atom is -0.383 e. The van der Waals surface area contributed by atoms with Gasteiger partial charge >= 0.3 is 24.4 Å². The molecule has 0 spiro atoms. The van der Waals surface area contributed by atoms with E-state index in [2.05, 4.69) is 25.9 Å². The van der Waals surface area contributed by atoms with Crippen LogP contribution >= 0.6 is 0 Å². The fraction of sp³-hybridized carbons (Fsp3) is 0.194. The number of alkyl halides is 6. The highest BCUT2D eigenvalue weighted by atomic mass is 19.4. The van der Waals surface area contributed by atoms with Gasteiger partial charge in [-0.15, -0.1) is 0 Å². The number of rotatable bonds is 5. The molecule has 4 amide bonds. The third kappa shape index (κ3) is 6.79. The van der Waals surface area contributed by atoms with E-state index in [0.717, 1.165) is 24.3 Å². The van der Waals surface area contributed by atoms with Crippen molar-refractivity contribution in [1.82, 2.24) is 24.6 Å². The molecule has 0 bridgehead atoms. The van der Waals surface area contributed by atoms with E-state index in [1.54, 1.807) is 28.9 Å². The van der Waals surface area contributed by atoms with Crippen LogP contribution in [0, 0.1) is 0 Å². The van der Waals surface area contributed by atoms with Crippen LogP contribution in [0.4, 0.5) is 58.8 Å². The number of hydrogen-bond acceptors (Lipinski definition) is 6. The van der Waals surface area contributed by atoms with E-state index < -0.39 is 35.5 Å². The third-order valence-electron chi connectivity index (χ3n) is 7.62. The van der Waals surface area contributed by atoms with Crippen LogP contribution in [-0.2, 0) is 12.4 Å². The van der Waals surface area contributed by atoms with Crippen LogP contribution in [0.2, 0.25) is 0 Å². The van der Waals surface area contributed by atoms with Crippen molar-refractivity contribution in [2.45, 2.75) is 24.8 Å². The molecule has 0 saturated carbocycles. The molecule has 0 aliphatic carbocycles. The van der Waals surface area contributed by atoms with E-state index >= 15 is 0 Å². The molecule has 0 unspecified atom stereocenters. The molecular weight excluding hydrogens is 644 g/mol. The van der Waals surface area contributed by atoms with E-state index in [1.165, 1.54) is 35.5 Å². The standard InChI is InChI=1S/C31H25F6N9O2/c32-30(33,34)18-3-1-5-21(13-18)42-28(47)41-20-9-7-17(8-10-20)25-24-26(38)39-16-40-27(24)46(44-25)23-11-12-45(15-23)29(48)43-22-6-2-4-19(14-22)31(35,36)37/h1-10,13-14,16,23H,11-12,15H2,(H,43,48)(H2,38,39,40)(H2,41,42,47)/t23-/m1/s1. The van der Waals surface area contributed by atoms with Gasteiger partial charge in [0, 0.05) is 35.7 Å². The van der Waals surface area contributed by atoms with Crippen molar-refractivity contribution in [2.24, 2.45) is 0 Å². The third-order valence-corrected chi connectivity index (χ3v) is 7.62. The number of benzene rings is 3. The molecule has 2 aromatic heterocycles. The SMILES string of the molecule is Nc1ncnc2c1c(-c1ccc(NC(=O)Nc3cccc(C(F)(F)F)c3)cc1)nn2[C@@H]1CCN(C(=O)Nc2cccc(C(F)(F)F)c2)C1. The number of urea groups is 2. The van der Waals surface area contributed by atoms with Crippen LogP contribution in [0.5, 0.6) is 0 Å². The highest BCUT2D eigenvalue weighted by Gasteiger charge is 2.33. The zero-order chi connectivity index (χ0) is 34.2. The Kier molecular flexibility index (Phi) is 8.28. The highest BCUT2D eigenvalue weighted by molar-refractivity contribution is 6.01. The molecule has 1 atom stereocenters. The molecule has 3 aromatic carbocycles. The van der Waals surface area contributed by atoms with Crippen LogP contribution in [0.1, 0.15) is 23.6 Å². The second kappa shape index (κ2) is 12.4. The van der Waals surface area contributed by atoms with Crippen LogP contribution in [0.25, 0.3) is 22.3 Å². The van der Waals surface area contributed by atoms with Crippen molar-refractivity contribution in [3.05, 3.63) is 90.3 Å². The molecule has 1 saturated heterocycles. The molecule has 11 nitrogen and oxygen atoms in total. The minimum atomic E-state index is -4.56. The Bertz CT molecular complexity index is 1990. The number of halogens is 6. The number of nitrogens with two attached hydrogens (primary N) is 1. The summed E-state index contributed by atoms with van der Waals surface area (Å²) in [5, 5.41) is 12.7. The van der Waals surface area contributed by atoms with E-state index in [-0.39, 0.29) is 29.8 Å². The van der Waals surface area contributed by atoms with Crippen LogP contribution in [-0.4, -0.2) is 49.8 Å². The monoisotopic (exact) mass is 669 g/mol. The van der Waals surface area contributed by atoms with Gasteiger partial charge in [0.25, 0.3) is 0 Å². The first-order valence-corrected chi connectivity index (χ1v) is 14.3. The van der Waals surface area contributed by atoms with Gasteiger partial charge in [0.05, 0.1) is 22.6 Å². The Hall–Kier alpha value is -5.87. The number of carbonyl (C=O) groups is 2. The molecule has 1 aliphatic rings. The van der Waals surface area contributed by atoms with Crippen LogP contribution < -0.4 is 21.7 Å². The van der Waals surface area contributed by atoms with Crippen molar-refractivity contribution in [2.75, 3.05) is 34.8 Å². The lowest BCUT2D eigenvalue weighted by molar-refractivity contribution is -0.138. The first-order valence-electron chi connectivity index (χ1n) is 14.3. The molecule has 17 heteroatoms. The molecule has 3 heterocycles. The van der Waals surface area contributed by atoms with Crippen LogP contribution in [0.3, 0.4) is 0 Å². The van der Waals surface area contributed by atoms with Gasteiger partial charge in [0.2, 0.25) is 0 Å². The van der Waals surface area contributed by atoms with Crippen molar-refractivity contribution < 1.29 is 35.9 Å². The summed E-state index contributed by atoms with van der Waals surface area (Å²) < 4.78 is 80.0. The minimum absolute atomic E-state index is 0.0108. The van der Waals surface area contributed by atoms with Gasteiger partial charge in [0.15, 0.2) is 5.65 Å². The van der Waals surface area contributed by atoms with Crippen molar-refractivity contribution in [3.63, 3.8) is 0 Å². The maximum atomic E-state index is 13.1. The number of likely N-dealkylation sites (tertiary alicyclic amines) is 1. The first kappa shape index (κ1) is 32.1. The number of nitrogens with zero attached hydrogens (tertiary/aromatic N) is 5. The molecule has 5 aromatic rings. The molecule has 5 N–H and O–H groups in total. The Balaban J connectivity index is 1.17. The number of nitrogen functional groups attached to an aromatic ring is 1. The summed E-state index contributed by atoms with van der Waals surface area (Å²) in [6, 6.07) is 13.4. The van der Waals surface area contributed by atoms with E-state index in [1.807, 2.05) is 0 Å². The van der Waals surface area contributed by atoms with Crippen molar-refractivity contribution in [1.29, 1.82) is 0 Å². The second-order valence-electron chi connectivity index (χ2n) is 10.9. The summed E-state index contributed by atoms with van der Waals surface area (Å²) in [6.07, 6.45) is -7.36. The molecule has 1 aliphatic heterocycles. The van der Waals surface area contributed by atoms with Gasteiger partial charge < -0.3 is 26.6 Å². The lowest BCUT2D eigenvalue weighted by Crippen LogP contribution is -2.33. The Labute approximate surface area is 267 Å². The quantitative estimate of drug-likeness (QED) is 0.145. The van der Waals surface area contributed by atoms with Crippen LogP contribution in [0.15, 0.2) is 79.1 Å². The lowest BCUT2D eigenvalue weighted by atomic mass is 10.1. The summed E-state index contributed by atoms with van der Waals surface area (Å²) in [7, 11) is 0. The van der Waals surface area contributed by atoms with Crippen molar-refractivity contribution in [3.8, 4) is 11.3 Å². The number of carbonyl (C=O) groups excluding carboxylic acids is 2. The smallest absolute Gasteiger partial charge is 0.383 e. The number of fused-ring (bicyclic) bond motifs is 1. The van der Waals surface area contributed by atoms with Gasteiger partial charge in [-0.2, -0.15) is 31.4 Å². The number of amides is 4. The van der Waals surface area contributed by atoms with Gasteiger partial charge in [-0.3, -0.25) is 0 Å². The number of aromatic nitrogens is 4.